The van der Waals surface area contributed by atoms with Gasteiger partial charge in [-0.1, -0.05) is 20.8 Å². The van der Waals surface area contributed by atoms with Gasteiger partial charge in [0.1, 0.15) is 0 Å². The zero-order chi connectivity index (χ0) is 12.4. The normalized spacial score (nSPS) is 34.4. The molecule has 3 unspecified atom stereocenters. The Morgan fingerprint density at radius 1 is 1.35 bits per heavy atom. The van der Waals surface area contributed by atoms with Gasteiger partial charge in [-0.05, 0) is 44.1 Å². The van der Waals surface area contributed by atoms with Crippen molar-refractivity contribution < 1.29 is 4.79 Å². The third-order valence-electron chi connectivity index (χ3n) is 4.32. The van der Waals surface area contributed by atoms with E-state index in [9.17, 15) is 4.79 Å². The van der Waals surface area contributed by atoms with Crippen molar-refractivity contribution in [1.82, 2.24) is 10.2 Å². The highest BCUT2D eigenvalue weighted by Gasteiger charge is 2.35. The lowest BCUT2D eigenvalue weighted by Crippen LogP contribution is -2.52. The summed E-state index contributed by atoms with van der Waals surface area (Å²) in [4.78, 5) is 14.7. The Hall–Kier alpha value is -0.570. The molecule has 2 rings (SSSR count). The van der Waals surface area contributed by atoms with E-state index in [-0.39, 0.29) is 6.04 Å². The van der Waals surface area contributed by atoms with Gasteiger partial charge in [-0.25, -0.2) is 0 Å². The van der Waals surface area contributed by atoms with Crippen LogP contribution in [0.25, 0.3) is 0 Å². The van der Waals surface area contributed by atoms with E-state index in [0.717, 1.165) is 19.5 Å². The Labute approximate surface area is 105 Å². The molecule has 1 N–H and O–H groups in total. The zero-order valence-electron chi connectivity index (χ0n) is 11.4. The molecular weight excluding hydrogens is 212 g/mol. The van der Waals surface area contributed by atoms with Crippen molar-refractivity contribution in [1.29, 1.82) is 0 Å². The summed E-state index contributed by atoms with van der Waals surface area (Å²) in [6.45, 7) is 8.68. The van der Waals surface area contributed by atoms with Crippen LogP contribution in [-0.4, -0.2) is 36.0 Å². The van der Waals surface area contributed by atoms with Gasteiger partial charge in [-0.3, -0.25) is 4.79 Å². The zero-order valence-corrected chi connectivity index (χ0v) is 11.4. The van der Waals surface area contributed by atoms with Gasteiger partial charge >= 0.3 is 0 Å². The molecule has 0 aromatic rings. The minimum atomic E-state index is 0.0816. The van der Waals surface area contributed by atoms with Gasteiger partial charge in [-0.15, -0.1) is 0 Å². The van der Waals surface area contributed by atoms with E-state index in [1.165, 1.54) is 19.3 Å². The van der Waals surface area contributed by atoms with E-state index < -0.39 is 0 Å². The molecule has 2 fully saturated rings. The third-order valence-corrected chi connectivity index (χ3v) is 4.32. The van der Waals surface area contributed by atoms with Crippen LogP contribution in [0.2, 0.25) is 0 Å². The fourth-order valence-corrected chi connectivity index (χ4v) is 3.26. The quantitative estimate of drug-likeness (QED) is 0.798. The Bertz CT molecular complexity index is 277. The smallest absolute Gasteiger partial charge is 0.239 e. The third kappa shape index (κ3) is 2.82. The van der Waals surface area contributed by atoms with Crippen molar-refractivity contribution in [3.05, 3.63) is 0 Å². The molecule has 3 atom stereocenters. The molecule has 3 nitrogen and oxygen atoms in total. The maximum atomic E-state index is 12.5. The molecule has 0 bridgehead atoms. The second kappa shape index (κ2) is 5.38. The van der Waals surface area contributed by atoms with Crippen LogP contribution in [0.4, 0.5) is 0 Å². The molecule has 0 spiro atoms. The highest BCUT2D eigenvalue weighted by molar-refractivity contribution is 5.82. The summed E-state index contributed by atoms with van der Waals surface area (Å²) >= 11 is 0. The second-order valence-corrected chi connectivity index (χ2v) is 6.12. The molecular formula is C14H26N2O. The highest BCUT2D eigenvalue weighted by atomic mass is 16.2. The molecule has 2 heterocycles. The maximum Gasteiger partial charge on any atom is 0.239 e. The van der Waals surface area contributed by atoms with Gasteiger partial charge in [0.15, 0.2) is 0 Å². The lowest BCUT2D eigenvalue weighted by atomic mass is 9.93. The van der Waals surface area contributed by atoms with E-state index >= 15 is 0 Å². The van der Waals surface area contributed by atoms with Gasteiger partial charge in [0.25, 0.3) is 0 Å². The molecule has 0 aromatic carbocycles. The topological polar surface area (TPSA) is 32.3 Å². The predicted molar refractivity (Wildman–Crippen MR) is 69.8 cm³/mol. The highest BCUT2D eigenvalue weighted by Crippen LogP contribution is 2.26. The standard InChI is InChI=1S/C14H26N2O/c1-10(2)13-5-4-8-16(13)14(17)12-9-11(3)6-7-15-12/h10-13,15H,4-9H2,1-3H3. The number of hydrogen-bond acceptors (Lipinski definition) is 2. The largest absolute Gasteiger partial charge is 0.338 e. The summed E-state index contributed by atoms with van der Waals surface area (Å²) in [5.41, 5.74) is 0. The van der Waals surface area contributed by atoms with Gasteiger partial charge in [-0.2, -0.15) is 0 Å². The van der Waals surface area contributed by atoms with Gasteiger partial charge < -0.3 is 10.2 Å². The minimum Gasteiger partial charge on any atom is -0.338 e. The molecule has 3 heteroatoms. The first-order valence-corrected chi connectivity index (χ1v) is 7.13. The molecule has 2 saturated heterocycles. The summed E-state index contributed by atoms with van der Waals surface area (Å²) in [7, 11) is 0. The van der Waals surface area contributed by atoms with Crippen molar-refractivity contribution in [2.75, 3.05) is 13.1 Å². The summed E-state index contributed by atoms with van der Waals surface area (Å²) < 4.78 is 0. The van der Waals surface area contributed by atoms with Crippen LogP contribution >= 0.6 is 0 Å². The van der Waals surface area contributed by atoms with Crippen LogP contribution in [0.3, 0.4) is 0 Å². The Kier molecular flexibility index (Phi) is 4.08. The average molecular weight is 238 g/mol. The number of likely N-dealkylation sites (tertiary alicyclic amines) is 1. The number of piperidine rings is 1. The van der Waals surface area contributed by atoms with E-state index in [4.69, 9.17) is 0 Å². The molecule has 0 aromatic heterocycles. The molecule has 17 heavy (non-hydrogen) atoms. The summed E-state index contributed by atoms with van der Waals surface area (Å²) in [6, 6.07) is 0.555. The Morgan fingerprint density at radius 3 is 2.76 bits per heavy atom. The van der Waals surface area contributed by atoms with Crippen LogP contribution in [0.15, 0.2) is 0 Å². The second-order valence-electron chi connectivity index (χ2n) is 6.12. The predicted octanol–water partition coefficient (Wildman–Crippen LogP) is 2.02. The maximum absolute atomic E-state index is 12.5. The van der Waals surface area contributed by atoms with Crippen molar-refractivity contribution in [2.45, 2.75) is 58.5 Å². The number of carbonyl (C=O) groups excluding carboxylic acids is 1. The first-order valence-electron chi connectivity index (χ1n) is 7.13. The minimum absolute atomic E-state index is 0.0816. The molecule has 2 aliphatic heterocycles. The fraction of sp³-hybridized carbons (Fsp3) is 0.929. The van der Waals surface area contributed by atoms with Crippen molar-refractivity contribution in [3.8, 4) is 0 Å². The molecule has 0 saturated carbocycles. The first-order chi connectivity index (χ1) is 8.09. The molecule has 1 amide bonds. The number of hydrogen-bond donors (Lipinski definition) is 1. The van der Waals surface area contributed by atoms with Crippen molar-refractivity contribution in [2.24, 2.45) is 11.8 Å². The van der Waals surface area contributed by atoms with Crippen LogP contribution < -0.4 is 5.32 Å². The Balaban J connectivity index is 1.98. The number of rotatable bonds is 2. The number of nitrogens with one attached hydrogen (secondary N) is 1. The average Bonchev–Trinajstić information content (AvgIpc) is 2.77. The van der Waals surface area contributed by atoms with E-state index in [0.29, 0.717) is 23.8 Å². The van der Waals surface area contributed by atoms with E-state index in [1.807, 2.05) is 0 Å². The Morgan fingerprint density at radius 2 is 2.12 bits per heavy atom. The number of nitrogens with zero attached hydrogens (tertiary/aromatic N) is 1. The van der Waals surface area contributed by atoms with Crippen molar-refractivity contribution >= 4 is 5.91 Å². The van der Waals surface area contributed by atoms with E-state index in [1.54, 1.807) is 0 Å². The van der Waals surface area contributed by atoms with Crippen LogP contribution in [0, 0.1) is 11.8 Å². The molecule has 2 aliphatic rings. The van der Waals surface area contributed by atoms with Crippen LogP contribution in [-0.2, 0) is 4.79 Å². The fourth-order valence-electron chi connectivity index (χ4n) is 3.26. The number of carbonyl (C=O) groups is 1. The SMILES string of the molecule is CC1CCNC(C(=O)N2CCCC2C(C)C)C1. The van der Waals surface area contributed by atoms with Gasteiger partial charge in [0.2, 0.25) is 5.91 Å². The number of amides is 1. The van der Waals surface area contributed by atoms with E-state index in [2.05, 4.69) is 31.0 Å². The van der Waals surface area contributed by atoms with Crippen LogP contribution in [0.5, 0.6) is 0 Å². The summed E-state index contributed by atoms with van der Waals surface area (Å²) in [6.07, 6.45) is 4.58. The lowest BCUT2D eigenvalue weighted by Gasteiger charge is -2.34. The summed E-state index contributed by atoms with van der Waals surface area (Å²) in [5.74, 6) is 1.63. The van der Waals surface area contributed by atoms with Crippen LogP contribution in [0.1, 0.15) is 46.5 Å². The van der Waals surface area contributed by atoms with Crippen molar-refractivity contribution in [3.63, 3.8) is 0 Å². The van der Waals surface area contributed by atoms with Gasteiger partial charge in [0.05, 0.1) is 6.04 Å². The molecule has 0 aliphatic carbocycles. The molecule has 0 radical (unpaired) electrons. The monoisotopic (exact) mass is 238 g/mol. The summed E-state index contributed by atoms with van der Waals surface area (Å²) in [5, 5.41) is 3.39. The van der Waals surface area contributed by atoms with Gasteiger partial charge in [0, 0.05) is 12.6 Å². The lowest BCUT2D eigenvalue weighted by molar-refractivity contribution is -0.136. The first kappa shape index (κ1) is 12.9. The molecule has 98 valence electrons.